The van der Waals surface area contributed by atoms with E-state index in [2.05, 4.69) is 65.4 Å². The summed E-state index contributed by atoms with van der Waals surface area (Å²) in [6.45, 7) is 0.953. The molecule has 1 nitrogen and oxygen atoms in total. The van der Waals surface area contributed by atoms with Gasteiger partial charge in [0, 0.05) is 16.8 Å². The maximum Gasteiger partial charge on any atom is 0.208 e. The van der Waals surface area contributed by atoms with E-state index in [9.17, 15) is 0 Å². The number of rotatable bonds is 2. The van der Waals surface area contributed by atoms with Crippen molar-refractivity contribution in [1.29, 1.82) is 0 Å². The predicted octanol–water partition coefficient (Wildman–Crippen LogP) is 1.38. The molecule has 0 spiro atoms. The normalized spacial score (nSPS) is 13.4. The van der Waals surface area contributed by atoms with E-state index in [1.807, 2.05) is 0 Å². The van der Waals surface area contributed by atoms with E-state index in [-0.39, 0.29) is 0 Å². The Balaban J connectivity index is 2.06. The average molecular weight is 222 g/mol. The molecule has 84 valence electrons. The molecule has 0 fully saturated rings. The van der Waals surface area contributed by atoms with E-state index in [0.717, 1.165) is 13.0 Å². The summed E-state index contributed by atoms with van der Waals surface area (Å²) in [5.74, 6) is 0. The summed E-state index contributed by atoms with van der Waals surface area (Å²) < 4.78 is 2.33. The second-order valence-corrected chi connectivity index (χ2v) is 4.45. The van der Waals surface area contributed by atoms with Gasteiger partial charge in [0.2, 0.25) is 5.35 Å². The van der Waals surface area contributed by atoms with Gasteiger partial charge in [0.05, 0.1) is 0 Å². The zero-order chi connectivity index (χ0) is 11.5. The van der Waals surface area contributed by atoms with Gasteiger partial charge in [-0.3, -0.25) is 0 Å². The van der Waals surface area contributed by atoms with Crippen LogP contribution in [-0.2, 0) is 6.54 Å². The zero-order valence-corrected chi connectivity index (χ0v) is 9.84. The molecule has 2 aromatic rings. The molecule has 0 N–H and O–H groups in total. The first-order valence-corrected chi connectivity index (χ1v) is 6.16. The predicted molar refractivity (Wildman–Crippen MR) is 69.6 cm³/mol. The fraction of sp³-hybridized carbons (Fsp3) is 0.188. The molecule has 1 heterocycles. The summed E-state index contributed by atoms with van der Waals surface area (Å²) in [5.41, 5.74) is 1.35. The first-order chi connectivity index (χ1) is 8.43. The minimum Gasteiger partial charge on any atom is -0.194 e. The number of pyridine rings is 1. The summed E-state index contributed by atoms with van der Waals surface area (Å²) in [4.78, 5) is 0. The Kier molecular flexibility index (Phi) is 2.74. The van der Waals surface area contributed by atoms with Gasteiger partial charge in [0.25, 0.3) is 0 Å². The number of hydrogen-bond acceptors (Lipinski definition) is 0. The van der Waals surface area contributed by atoms with Gasteiger partial charge < -0.3 is 0 Å². The molecule has 3 rings (SSSR count). The number of fused-ring (bicyclic) bond motifs is 1. The van der Waals surface area contributed by atoms with Gasteiger partial charge in [-0.2, -0.15) is 4.57 Å². The van der Waals surface area contributed by atoms with E-state index in [4.69, 9.17) is 0 Å². The van der Waals surface area contributed by atoms with Crippen molar-refractivity contribution < 1.29 is 4.57 Å². The van der Waals surface area contributed by atoms with Crippen molar-refractivity contribution in [2.45, 2.75) is 19.4 Å². The second kappa shape index (κ2) is 4.54. The van der Waals surface area contributed by atoms with Gasteiger partial charge in [0.1, 0.15) is 0 Å². The molecule has 1 aliphatic rings. The first-order valence-electron chi connectivity index (χ1n) is 6.16. The Morgan fingerprint density at radius 2 is 1.71 bits per heavy atom. The quantitative estimate of drug-likeness (QED) is 0.676. The molecule has 1 aromatic carbocycles. The molecule has 1 heteroatoms. The molecule has 0 radical (unpaired) electrons. The van der Waals surface area contributed by atoms with Crippen LogP contribution in [-0.4, -0.2) is 0 Å². The lowest BCUT2D eigenvalue weighted by Crippen LogP contribution is -2.57. The zero-order valence-electron chi connectivity index (χ0n) is 9.84. The highest BCUT2D eigenvalue weighted by Crippen LogP contribution is 1.97. The van der Waals surface area contributed by atoms with Gasteiger partial charge in [-0.1, -0.05) is 36.4 Å². The van der Waals surface area contributed by atoms with Crippen molar-refractivity contribution in [2.75, 3.05) is 0 Å². The van der Waals surface area contributed by atoms with Crippen molar-refractivity contribution >= 4 is 12.2 Å². The number of hydrogen-bond donors (Lipinski definition) is 0. The standard InChI is InChI=1S/C16H16N/c1-2-7-14(8-3-1)13-17-12-6-10-15-9-4-5-11-16(15)17/h1-3,6-12H,4-5,13H2/q+1. The van der Waals surface area contributed by atoms with Crippen LogP contribution in [0, 0.1) is 0 Å². The lowest BCUT2D eigenvalue weighted by molar-refractivity contribution is -0.701. The third-order valence-corrected chi connectivity index (χ3v) is 3.21. The minimum atomic E-state index is 0.953. The number of benzene rings is 1. The summed E-state index contributed by atoms with van der Waals surface area (Å²) in [5, 5.41) is 2.73. The van der Waals surface area contributed by atoms with E-state index in [0.29, 0.717) is 0 Å². The average Bonchev–Trinajstić information content (AvgIpc) is 2.40. The summed E-state index contributed by atoms with van der Waals surface area (Å²) >= 11 is 0. The Bertz CT molecular complexity index is 626. The smallest absolute Gasteiger partial charge is 0.194 e. The van der Waals surface area contributed by atoms with Crippen molar-refractivity contribution in [3.63, 3.8) is 0 Å². The number of nitrogens with zero attached hydrogens (tertiary/aromatic N) is 1. The van der Waals surface area contributed by atoms with E-state index >= 15 is 0 Å². The fourth-order valence-corrected chi connectivity index (χ4v) is 2.37. The van der Waals surface area contributed by atoms with Crippen LogP contribution in [0.1, 0.15) is 18.4 Å². The lowest BCUT2D eigenvalue weighted by atomic mass is 10.1. The largest absolute Gasteiger partial charge is 0.208 e. The van der Waals surface area contributed by atoms with Crippen molar-refractivity contribution in [3.8, 4) is 0 Å². The SMILES string of the molecule is C1=c2ccc[n+](Cc3ccccc3)c2=CCC1. The molecule has 0 amide bonds. The maximum atomic E-state index is 2.35. The van der Waals surface area contributed by atoms with Crippen LogP contribution < -0.4 is 15.1 Å². The van der Waals surface area contributed by atoms with E-state index in [1.54, 1.807) is 0 Å². The Hall–Kier alpha value is -1.89. The van der Waals surface area contributed by atoms with Gasteiger partial charge in [0.15, 0.2) is 12.7 Å². The van der Waals surface area contributed by atoms with Gasteiger partial charge in [-0.05, 0) is 25.0 Å². The summed E-state index contributed by atoms with van der Waals surface area (Å²) in [6.07, 6.45) is 9.17. The van der Waals surface area contributed by atoms with Crippen LogP contribution in [0.4, 0.5) is 0 Å². The lowest BCUT2D eigenvalue weighted by Gasteiger charge is -2.02. The summed E-state index contributed by atoms with van der Waals surface area (Å²) in [7, 11) is 0. The van der Waals surface area contributed by atoms with Crippen molar-refractivity contribution in [3.05, 3.63) is 64.8 Å². The molecular weight excluding hydrogens is 206 g/mol. The molecule has 0 aliphatic heterocycles. The molecule has 0 bridgehead atoms. The van der Waals surface area contributed by atoms with E-state index < -0.39 is 0 Å². The number of aromatic nitrogens is 1. The van der Waals surface area contributed by atoms with Crippen LogP contribution in [0.3, 0.4) is 0 Å². The molecule has 17 heavy (non-hydrogen) atoms. The summed E-state index contributed by atoms with van der Waals surface area (Å²) in [6, 6.07) is 15.0. The highest BCUT2D eigenvalue weighted by atomic mass is 14.9. The van der Waals surface area contributed by atoms with E-state index in [1.165, 1.54) is 22.6 Å². The molecular formula is C16H16N+. The topological polar surface area (TPSA) is 3.88 Å². The van der Waals surface area contributed by atoms with Crippen molar-refractivity contribution in [1.82, 2.24) is 0 Å². The van der Waals surface area contributed by atoms with Gasteiger partial charge in [-0.15, -0.1) is 0 Å². The highest BCUT2D eigenvalue weighted by Gasteiger charge is 2.07. The van der Waals surface area contributed by atoms with Gasteiger partial charge in [-0.25, -0.2) is 0 Å². The molecule has 0 saturated carbocycles. The molecule has 0 atom stereocenters. The Morgan fingerprint density at radius 3 is 2.59 bits per heavy atom. The van der Waals surface area contributed by atoms with Crippen LogP contribution in [0.15, 0.2) is 48.7 Å². The van der Waals surface area contributed by atoms with Crippen LogP contribution >= 0.6 is 0 Å². The first kappa shape index (κ1) is 10.3. The van der Waals surface area contributed by atoms with Crippen LogP contribution in [0.2, 0.25) is 0 Å². The van der Waals surface area contributed by atoms with Crippen molar-refractivity contribution in [2.24, 2.45) is 0 Å². The van der Waals surface area contributed by atoms with Crippen LogP contribution in [0.5, 0.6) is 0 Å². The molecule has 0 saturated heterocycles. The third-order valence-electron chi connectivity index (χ3n) is 3.21. The molecule has 1 aromatic heterocycles. The minimum absolute atomic E-state index is 0.953. The Labute approximate surface area is 101 Å². The Morgan fingerprint density at radius 1 is 0.882 bits per heavy atom. The van der Waals surface area contributed by atoms with Crippen LogP contribution in [0.25, 0.3) is 12.2 Å². The highest BCUT2D eigenvalue weighted by molar-refractivity contribution is 5.33. The molecule has 1 aliphatic carbocycles. The third kappa shape index (κ3) is 2.14. The second-order valence-electron chi connectivity index (χ2n) is 4.45. The molecule has 0 unspecified atom stereocenters. The maximum absolute atomic E-state index is 2.35. The monoisotopic (exact) mass is 222 g/mol. The van der Waals surface area contributed by atoms with Gasteiger partial charge >= 0.3 is 0 Å². The fourth-order valence-electron chi connectivity index (χ4n) is 2.37.